The molecule has 2 aromatic rings. The Labute approximate surface area is 161 Å². The summed E-state index contributed by atoms with van der Waals surface area (Å²) >= 11 is 0. The van der Waals surface area contributed by atoms with Crippen molar-refractivity contribution in [2.24, 2.45) is 5.92 Å². The fraction of sp³-hybridized carbons (Fsp3) is 0.381. The Balaban J connectivity index is 1.55. The lowest BCUT2D eigenvalue weighted by atomic mass is 9.94. The Bertz CT molecular complexity index is 881. The molecule has 1 amide bonds. The highest BCUT2D eigenvalue weighted by molar-refractivity contribution is 7.89. The van der Waals surface area contributed by atoms with Crippen LogP contribution in [0.3, 0.4) is 0 Å². The molecule has 3 rings (SSSR count). The molecule has 1 N–H and O–H groups in total. The van der Waals surface area contributed by atoms with Gasteiger partial charge in [0, 0.05) is 25.2 Å². The highest BCUT2D eigenvalue weighted by Gasteiger charge is 2.30. The Hall–Kier alpha value is -2.18. The molecule has 2 aromatic carbocycles. The van der Waals surface area contributed by atoms with Crippen molar-refractivity contribution in [3.05, 3.63) is 60.2 Å². The van der Waals surface area contributed by atoms with Gasteiger partial charge in [0.1, 0.15) is 0 Å². The number of hydrogen-bond donors (Lipinski definition) is 1. The van der Waals surface area contributed by atoms with E-state index in [0.717, 1.165) is 24.1 Å². The van der Waals surface area contributed by atoms with Crippen molar-refractivity contribution < 1.29 is 13.2 Å². The van der Waals surface area contributed by atoms with Crippen molar-refractivity contribution in [2.45, 2.75) is 37.5 Å². The molecule has 1 saturated heterocycles. The van der Waals surface area contributed by atoms with Crippen LogP contribution in [0.15, 0.2) is 59.5 Å². The van der Waals surface area contributed by atoms with E-state index in [2.05, 4.69) is 5.32 Å². The highest BCUT2D eigenvalue weighted by atomic mass is 32.2. The quantitative estimate of drug-likeness (QED) is 0.821. The van der Waals surface area contributed by atoms with Gasteiger partial charge in [-0.2, -0.15) is 4.31 Å². The van der Waals surface area contributed by atoms with Crippen molar-refractivity contribution in [2.75, 3.05) is 18.4 Å². The van der Waals surface area contributed by atoms with Crippen molar-refractivity contribution in [1.82, 2.24) is 4.31 Å². The molecule has 5 nitrogen and oxygen atoms in total. The maximum atomic E-state index is 12.8. The van der Waals surface area contributed by atoms with Gasteiger partial charge in [-0.05, 0) is 61.9 Å². The van der Waals surface area contributed by atoms with Crippen LogP contribution in [0.1, 0.15) is 31.2 Å². The molecule has 144 valence electrons. The maximum absolute atomic E-state index is 12.8. The van der Waals surface area contributed by atoms with Crippen molar-refractivity contribution in [3.63, 3.8) is 0 Å². The summed E-state index contributed by atoms with van der Waals surface area (Å²) < 4.78 is 27.1. The number of carbonyl (C=O) groups excluding carboxylic acids is 1. The van der Waals surface area contributed by atoms with Crippen LogP contribution in [0.4, 0.5) is 5.69 Å². The molecule has 27 heavy (non-hydrogen) atoms. The Kier molecular flexibility index (Phi) is 6.29. The molecule has 1 atom stereocenters. The van der Waals surface area contributed by atoms with Crippen LogP contribution in [0.5, 0.6) is 0 Å². The normalized spacial score (nSPS) is 18.2. The van der Waals surface area contributed by atoms with Crippen molar-refractivity contribution >= 4 is 21.6 Å². The zero-order chi connectivity index (χ0) is 19.3. The predicted octanol–water partition coefficient (Wildman–Crippen LogP) is 3.81. The number of nitrogens with one attached hydrogen (secondary N) is 1. The van der Waals surface area contributed by atoms with Crippen LogP contribution in [0.2, 0.25) is 0 Å². The molecule has 0 bridgehead atoms. The second-order valence-electron chi connectivity index (χ2n) is 7.14. The molecular formula is C21H26N2O3S. The number of nitrogens with zero attached hydrogens (tertiary/aromatic N) is 1. The first-order chi connectivity index (χ1) is 12.9. The summed E-state index contributed by atoms with van der Waals surface area (Å²) in [5.74, 6) is 0.184. The topological polar surface area (TPSA) is 66.5 Å². The summed E-state index contributed by atoms with van der Waals surface area (Å²) in [6.07, 6.45) is 2.88. The largest absolute Gasteiger partial charge is 0.326 e. The van der Waals surface area contributed by atoms with E-state index in [-0.39, 0.29) is 11.8 Å². The van der Waals surface area contributed by atoms with Crippen LogP contribution < -0.4 is 5.32 Å². The number of anilines is 1. The Morgan fingerprint density at radius 3 is 2.67 bits per heavy atom. The molecule has 1 aliphatic rings. The first kappa shape index (κ1) is 19.6. The molecule has 0 saturated carbocycles. The fourth-order valence-corrected chi connectivity index (χ4v) is 5.08. The number of benzene rings is 2. The summed E-state index contributed by atoms with van der Waals surface area (Å²) in [5.41, 5.74) is 1.90. The lowest BCUT2D eigenvalue weighted by Crippen LogP contribution is -2.40. The molecule has 1 heterocycles. The summed E-state index contributed by atoms with van der Waals surface area (Å²) in [7, 11) is -3.45. The first-order valence-electron chi connectivity index (χ1n) is 9.37. The zero-order valence-corrected chi connectivity index (χ0v) is 16.4. The molecule has 1 unspecified atom stereocenters. The molecular weight excluding hydrogens is 360 g/mol. The van der Waals surface area contributed by atoms with E-state index in [9.17, 15) is 13.2 Å². The van der Waals surface area contributed by atoms with Gasteiger partial charge in [-0.1, -0.05) is 30.3 Å². The lowest BCUT2D eigenvalue weighted by Gasteiger charge is -2.31. The predicted molar refractivity (Wildman–Crippen MR) is 107 cm³/mol. The standard InChI is InChI=1S/C21H26N2O3S/c1-17-7-5-9-19(15-17)22-21(24)13-12-18-8-6-14-23(16-18)27(25,26)20-10-3-2-4-11-20/h2-5,7,9-11,15,18H,6,8,12-14,16H2,1H3,(H,22,24). The smallest absolute Gasteiger partial charge is 0.243 e. The molecule has 0 aromatic heterocycles. The van der Waals surface area contributed by atoms with Gasteiger partial charge in [-0.3, -0.25) is 4.79 Å². The third-order valence-electron chi connectivity index (χ3n) is 4.94. The van der Waals surface area contributed by atoms with Crippen LogP contribution >= 0.6 is 0 Å². The first-order valence-corrected chi connectivity index (χ1v) is 10.8. The minimum absolute atomic E-state index is 0.0244. The summed E-state index contributed by atoms with van der Waals surface area (Å²) in [5, 5.41) is 2.92. The van der Waals surface area contributed by atoms with Crippen LogP contribution in [-0.2, 0) is 14.8 Å². The monoisotopic (exact) mass is 386 g/mol. The minimum atomic E-state index is -3.45. The number of carbonyl (C=O) groups is 1. The van der Waals surface area contributed by atoms with Gasteiger partial charge in [0.15, 0.2) is 0 Å². The van der Waals surface area contributed by atoms with Gasteiger partial charge >= 0.3 is 0 Å². The Morgan fingerprint density at radius 1 is 1.15 bits per heavy atom. The van der Waals surface area contributed by atoms with Gasteiger partial charge in [0.25, 0.3) is 0 Å². The average Bonchev–Trinajstić information content (AvgIpc) is 2.67. The SMILES string of the molecule is Cc1cccc(NC(=O)CCC2CCCN(S(=O)(=O)c3ccccc3)C2)c1. The van der Waals surface area contributed by atoms with E-state index in [1.54, 1.807) is 28.6 Å². The van der Waals surface area contributed by atoms with Crippen molar-refractivity contribution in [3.8, 4) is 0 Å². The van der Waals surface area contributed by atoms with Gasteiger partial charge in [-0.25, -0.2) is 8.42 Å². The molecule has 0 aliphatic carbocycles. The van der Waals surface area contributed by atoms with Crippen LogP contribution in [0, 0.1) is 12.8 Å². The molecule has 6 heteroatoms. The number of rotatable bonds is 6. The van der Waals surface area contributed by atoms with Gasteiger partial charge in [-0.15, -0.1) is 0 Å². The molecule has 0 radical (unpaired) electrons. The van der Waals surface area contributed by atoms with Gasteiger partial charge < -0.3 is 5.32 Å². The van der Waals surface area contributed by atoms with E-state index >= 15 is 0 Å². The third kappa shape index (κ3) is 5.17. The summed E-state index contributed by atoms with van der Waals surface area (Å²) in [4.78, 5) is 12.6. The number of aryl methyl sites for hydroxylation is 1. The van der Waals surface area contributed by atoms with E-state index in [0.29, 0.717) is 30.8 Å². The van der Waals surface area contributed by atoms with Crippen LogP contribution in [-0.4, -0.2) is 31.7 Å². The number of hydrogen-bond acceptors (Lipinski definition) is 3. The average molecular weight is 387 g/mol. The fourth-order valence-electron chi connectivity index (χ4n) is 3.50. The summed E-state index contributed by atoms with van der Waals surface area (Å²) in [6, 6.07) is 16.3. The second-order valence-corrected chi connectivity index (χ2v) is 9.08. The molecule has 0 spiro atoms. The third-order valence-corrected chi connectivity index (χ3v) is 6.82. The lowest BCUT2D eigenvalue weighted by molar-refractivity contribution is -0.116. The second kappa shape index (κ2) is 8.67. The van der Waals surface area contributed by atoms with Crippen LogP contribution in [0.25, 0.3) is 0 Å². The van der Waals surface area contributed by atoms with E-state index in [1.165, 1.54) is 0 Å². The highest BCUT2D eigenvalue weighted by Crippen LogP contribution is 2.26. The molecule has 1 fully saturated rings. The van der Waals surface area contributed by atoms with E-state index in [1.807, 2.05) is 37.3 Å². The van der Waals surface area contributed by atoms with E-state index in [4.69, 9.17) is 0 Å². The maximum Gasteiger partial charge on any atom is 0.243 e. The summed E-state index contributed by atoms with van der Waals surface area (Å²) in [6.45, 7) is 3.01. The minimum Gasteiger partial charge on any atom is -0.326 e. The Morgan fingerprint density at radius 2 is 1.93 bits per heavy atom. The number of piperidine rings is 1. The van der Waals surface area contributed by atoms with Gasteiger partial charge in [0.2, 0.25) is 15.9 Å². The van der Waals surface area contributed by atoms with E-state index < -0.39 is 10.0 Å². The van der Waals surface area contributed by atoms with Gasteiger partial charge in [0.05, 0.1) is 4.90 Å². The molecule has 1 aliphatic heterocycles. The zero-order valence-electron chi connectivity index (χ0n) is 15.6. The number of sulfonamides is 1. The number of amides is 1. The van der Waals surface area contributed by atoms with Crippen molar-refractivity contribution in [1.29, 1.82) is 0 Å².